The maximum Gasteiger partial charge on any atom is -0.0162 e. The molecule has 0 amide bonds. The second-order valence-corrected chi connectivity index (χ2v) is 9.76. The minimum Gasteiger partial charge on any atom is -0.0851 e. The molecular weight excluding hydrogens is 336 g/mol. The summed E-state index contributed by atoms with van der Waals surface area (Å²) in [7, 11) is 0. The predicted molar refractivity (Wildman–Crippen MR) is 124 cm³/mol. The van der Waals surface area contributed by atoms with Gasteiger partial charge in [-0.15, -0.1) is 0 Å². The van der Waals surface area contributed by atoms with E-state index in [0.29, 0.717) is 0 Å². The van der Waals surface area contributed by atoms with Gasteiger partial charge in [0.25, 0.3) is 0 Å². The lowest BCUT2D eigenvalue weighted by Gasteiger charge is -2.28. The van der Waals surface area contributed by atoms with Crippen molar-refractivity contribution in [1.82, 2.24) is 0 Å². The third-order valence-corrected chi connectivity index (χ3v) is 7.54. The van der Waals surface area contributed by atoms with Gasteiger partial charge in [-0.2, -0.15) is 0 Å². The van der Waals surface area contributed by atoms with Crippen molar-refractivity contribution < 1.29 is 0 Å². The predicted octanol–water partition coefficient (Wildman–Crippen LogP) is 8.86. The Labute approximate surface area is 175 Å². The smallest absolute Gasteiger partial charge is 0.0162 e. The summed E-state index contributed by atoms with van der Waals surface area (Å²) in [5, 5.41) is 0. The second-order valence-electron chi connectivity index (χ2n) is 9.76. The fourth-order valence-electron chi connectivity index (χ4n) is 5.57. The van der Waals surface area contributed by atoms with Crippen molar-refractivity contribution in [3.05, 3.63) is 47.5 Å². The Hall–Kier alpha value is -1.04. The van der Waals surface area contributed by atoms with Crippen LogP contribution in [0, 0.1) is 17.8 Å². The van der Waals surface area contributed by atoms with Gasteiger partial charge in [0, 0.05) is 0 Å². The van der Waals surface area contributed by atoms with Gasteiger partial charge in [-0.05, 0) is 92.6 Å². The molecule has 0 spiro atoms. The molecule has 2 aliphatic carbocycles. The molecule has 0 bridgehead atoms. The van der Waals surface area contributed by atoms with Crippen LogP contribution in [0.2, 0.25) is 0 Å². The average Bonchev–Trinajstić information content (AvgIpc) is 2.75. The van der Waals surface area contributed by atoms with Crippen LogP contribution in [0.1, 0.15) is 114 Å². The summed E-state index contributed by atoms with van der Waals surface area (Å²) in [4.78, 5) is 0. The summed E-state index contributed by atoms with van der Waals surface area (Å²) < 4.78 is 0. The van der Waals surface area contributed by atoms with Crippen LogP contribution in [-0.2, 0) is 6.42 Å². The highest BCUT2D eigenvalue weighted by molar-refractivity contribution is 5.26. The lowest BCUT2D eigenvalue weighted by molar-refractivity contribution is 0.308. The molecular formula is C28H44. The third kappa shape index (κ3) is 6.78. The van der Waals surface area contributed by atoms with E-state index in [1.54, 1.807) is 11.1 Å². The molecule has 28 heavy (non-hydrogen) atoms. The van der Waals surface area contributed by atoms with Crippen molar-refractivity contribution in [2.75, 3.05) is 0 Å². The van der Waals surface area contributed by atoms with Gasteiger partial charge in [0.15, 0.2) is 0 Å². The summed E-state index contributed by atoms with van der Waals surface area (Å²) in [5.74, 6) is 3.52. The summed E-state index contributed by atoms with van der Waals surface area (Å²) >= 11 is 0. The Bertz CT molecular complexity index is 558. The number of hydrogen-bond acceptors (Lipinski definition) is 0. The van der Waals surface area contributed by atoms with E-state index < -0.39 is 0 Å². The molecule has 0 aromatic heterocycles. The van der Waals surface area contributed by atoms with E-state index >= 15 is 0 Å². The molecule has 0 nitrogen and oxygen atoms in total. The van der Waals surface area contributed by atoms with Crippen LogP contribution in [0.15, 0.2) is 36.4 Å². The fourth-order valence-corrected chi connectivity index (χ4v) is 5.57. The third-order valence-electron chi connectivity index (χ3n) is 7.54. The van der Waals surface area contributed by atoms with Crippen molar-refractivity contribution in [3.8, 4) is 0 Å². The summed E-state index contributed by atoms with van der Waals surface area (Å²) in [6.07, 6.45) is 24.6. The normalized spacial score (nSPS) is 27.8. The number of unbranched alkanes of at least 4 members (excludes halogenated alkanes) is 2. The zero-order valence-corrected chi connectivity index (χ0v) is 18.7. The van der Waals surface area contributed by atoms with Gasteiger partial charge in [0.05, 0.1) is 0 Å². The van der Waals surface area contributed by atoms with Crippen molar-refractivity contribution in [2.45, 2.75) is 110 Å². The molecule has 0 radical (unpaired) electrons. The van der Waals surface area contributed by atoms with Crippen molar-refractivity contribution >= 4 is 0 Å². The van der Waals surface area contributed by atoms with Gasteiger partial charge in [-0.25, -0.2) is 0 Å². The maximum absolute atomic E-state index is 2.54. The Morgan fingerprint density at radius 2 is 1.36 bits per heavy atom. The number of benzene rings is 1. The van der Waals surface area contributed by atoms with Crippen LogP contribution < -0.4 is 0 Å². The first-order valence-corrected chi connectivity index (χ1v) is 12.6. The largest absolute Gasteiger partial charge is 0.0851 e. The van der Waals surface area contributed by atoms with E-state index in [-0.39, 0.29) is 0 Å². The highest BCUT2D eigenvalue weighted by atomic mass is 14.3. The van der Waals surface area contributed by atoms with Gasteiger partial charge in [-0.3, -0.25) is 0 Å². The van der Waals surface area contributed by atoms with E-state index in [1.807, 2.05) is 0 Å². The van der Waals surface area contributed by atoms with E-state index in [1.165, 1.54) is 89.9 Å². The van der Waals surface area contributed by atoms with E-state index in [2.05, 4.69) is 50.3 Å². The van der Waals surface area contributed by atoms with Crippen LogP contribution in [0.3, 0.4) is 0 Å². The standard InChI is InChI=1S/C28H44/c1-3-5-6-8-24-9-11-25(12-10-24)13-14-26-17-21-28(22-18-26)27-19-15-23(7-4-2)16-20-27/h9,11,17-18,21-25,27H,3-8,10,12-16,19-20H2,1-2H3. The second kappa shape index (κ2) is 11.8. The molecule has 2 atom stereocenters. The summed E-state index contributed by atoms with van der Waals surface area (Å²) in [6.45, 7) is 4.64. The highest BCUT2D eigenvalue weighted by Crippen LogP contribution is 2.37. The van der Waals surface area contributed by atoms with Crippen molar-refractivity contribution in [2.24, 2.45) is 17.8 Å². The molecule has 2 unspecified atom stereocenters. The molecule has 1 aromatic rings. The Morgan fingerprint density at radius 1 is 0.679 bits per heavy atom. The minimum absolute atomic E-state index is 0.816. The molecule has 1 aromatic carbocycles. The zero-order chi connectivity index (χ0) is 19.6. The molecule has 1 saturated carbocycles. The molecule has 0 N–H and O–H groups in total. The monoisotopic (exact) mass is 380 g/mol. The Kier molecular flexibility index (Phi) is 9.16. The van der Waals surface area contributed by atoms with Gasteiger partial charge in [-0.1, -0.05) is 82.4 Å². The summed E-state index contributed by atoms with van der Waals surface area (Å²) in [5.41, 5.74) is 3.15. The van der Waals surface area contributed by atoms with Crippen LogP contribution >= 0.6 is 0 Å². The average molecular weight is 381 g/mol. The Balaban J connectivity index is 1.39. The highest BCUT2D eigenvalue weighted by Gasteiger charge is 2.21. The first-order valence-electron chi connectivity index (χ1n) is 12.6. The maximum atomic E-state index is 2.54. The molecule has 156 valence electrons. The number of aryl methyl sites for hydroxylation is 1. The first kappa shape index (κ1) is 21.7. The quantitative estimate of drug-likeness (QED) is 0.281. The van der Waals surface area contributed by atoms with Gasteiger partial charge in [0.1, 0.15) is 0 Å². The SMILES string of the molecule is CCCCCC1C=CC(CCc2ccc(C3CCC(CCC)CC3)cc2)CC1. The molecule has 3 rings (SSSR count). The Morgan fingerprint density at radius 3 is 1.96 bits per heavy atom. The van der Waals surface area contributed by atoms with Crippen molar-refractivity contribution in [1.29, 1.82) is 0 Å². The number of rotatable bonds is 10. The lowest BCUT2D eigenvalue weighted by Crippen LogP contribution is -2.13. The minimum atomic E-state index is 0.816. The molecule has 0 saturated heterocycles. The zero-order valence-electron chi connectivity index (χ0n) is 18.7. The topological polar surface area (TPSA) is 0 Å². The van der Waals surface area contributed by atoms with Crippen LogP contribution in [-0.4, -0.2) is 0 Å². The van der Waals surface area contributed by atoms with Gasteiger partial charge >= 0.3 is 0 Å². The molecule has 0 heterocycles. The molecule has 0 heteroatoms. The van der Waals surface area contributed by atoms with Crippen LogP contribution in [0.5, 0.6) is 0 Å². The van der Waals surface area contributed by atoms with Gasteiger partial charge < -0.3 is 0 Å². The van der Waals surface area contributed by atoms with Crippen LogP contribution in [0.25, 0.3) is 0 Å². The van der Waals surface area contributed by atoms with Crippen molar-refractivity contribution in [3.63, 3.8) is 0 Å². The fraction of sp³-hybridized carbons (Fsp3) is 0.714. The first-order chi connectivity index (χ1) is 13.8. The lowest BCUT2D eigenvalue weighted by atomic mass is 9.77. The van der Waals surface area contributed by atoms with Crippen LogP contribution in [0.4, 0.5) is 0 Å². The molecule has 2 aliphatic rings. The van der Waals surface area contributed by atoms with E-state index in [9.17, 15) is 0 Å². The summed E-state index contributed by atoms with van der Waals surface area (Å²) in [6, 6.07) is 9.74. The number of hydrogen-bond donors (Lipinski definition) is 0. The van der Waals surface area contributed by atoms with Gasteiger partial charge in [0.2, 0.25) is 0 Å². The van der Waals surface area contributed by atoms with E-state index in [4.69, 9.17) is 0 Å². The number of allylic oxidation sites excluding steroid dienone is 2. The molecule has 0 aliphatic heterocycles. The van der Waals surface area contributed by atoms with E-state index in [0.717, 1.165) is 23.7 Å². The molecule has 1 fully saturated rings.